The van der Waals surface area contributed by atoms with E-state index in [0.717, 1.165) is 52.0 Å². The van der Waals surface area contributed by atoms with E-state index >= 15 is 0 Å². The summed E-state index contributed by atoms with van der Waals surface area (Å²) < 4.78 is 3.76. The number of aryl methyl sites for hydroxylation is 1. The van der Waals surface area contributed by atoms with E-state index in [-0.39, 0.29) is 5.91 Å². The van der Waals surface area contributed by atoms with Crippen LogP contribution in [0.25, 0.3) is 27.8 Å². The first-order chi connectivity index (χ1) is 15.2. The number of rotatable bonds is 4. The molecule has 0 unspecified atom stereocenters. The van der Waals surface area contributed by atoms with E-state index in [1.807, 2.05) is 72.5 Å². The molecule has 0 saturated heterocycles. The van der Waals surface area contributed by atoms with Gasteiger partial charge in [-0.05, 0) is 55.3 Å². The predicted octanol–water partition coefficient (Wildman–Crippen LogP) is 4.44. The van der Waals surface area contributed by atoms with Crippen LogP contribution in [0.15, 0.2) is 67.1 Å². The molecule has 31 heavy (non-hydrogen) atoms. The highest BCUT2D eigenvalue weighted by atomic mass is 16.1. The Morgan fingerprint density at radius 2 is 1.90 bits per heavy atom. The summed E-state index contributed by atoms with van der Waals surface area (Å²) in [7, 11) is 1.85. The van der Waals surface area contributed by atoms with Gasteiger partial charge in [0.15, 0.2) is 5.65 Å². The standard InChI is InChI=1S/C24H20N6O/c1-29-23-19(13-26-29)18(12-21(28-23)15-6-7-15)24(31)27-16-8-10-17(11-9-16)30-14-25-20-4-2-3-5-22(20)30/h2-5,8-15H,6-7H2,1H3,(H,27,31). The van der Waals surface area contributed by atoms with Gasteiger partial charge < -0.3 is 5.32 Å². The number of nitrogens with one attached hydrogen (secondary N) is 1. The van der Waals surface area contributed by atoms with Crippen molar-refractivity contribution in [3.8, 4) is 5.69 Å². The summed E-state index contributed by atoms with van der Waals surface area (Å²) in [6, 6.07) is 17.7. The maximum atomic E-state index is 13.1. The van der Waals surface area contributed by atoms with E-state index in [9.17, 15) is 4.79 Å². The summed E-state index contributed by atoms with van der Waals surface area (Å²) in [4.78, 5) is 22.3. The van der Waals surface area contributed by atoms with Gasteiger partial charge in [-0.1, -0.05) is 12.1 Å². The van der Waals surface area contributed by atoms with Gasteiger partial charge in [0, 0.05) is 30.0 Å². The first kappa shape index (κ1) is 17.8. The summed E-state index contributed by atoms with van der Waals surface area (Å²) in [5.41, 5.74) is 6.05. The third-order valence-corrected chi connectivity index (χ3v) is 5.82. The first-order valence-electron chi connectivity index (χ1n) is 10.3. The maximum Gasteiger partial charge on any atom is 0.256 e. The molecule has 7 heteroatoms. The number of amides is 1. The van der Waals surface area contributed by atoms with Crippen LogP contribution in [-0.2, 0) is 7.05 Å². The zero-order valence-corrected chi connectivity index (χ0v) is 17.0. The molecule has 0 aliphatic heterocycles. The fourth-order valence-electron chi connectivity index (χ4n) is 3.98. The summed E-state index contributed by atoms with van der Waals surface area (Å²) in [5.74, 6) is 0.304. The minimum absolute atomic E-state index is 0.150. The Kier molecular flexibility index (Phi) is 3.89. The van der Waals surface area contributed by atoms with Crippen molar-refractivity contribution in [2.45, 2.75) is 18.8 Å². The van der Waals surface area contributed by atoms with Crippen molar-refractivity contribution in [3.63, 3.8) is 0 Å². The Hall–Kier alpha value is -4.00. The van der Waals surface area contributed by atoms with Crippen LogP contribution < -0.4 is 5.32 Å². The van der Waals surface area contributed by atoms with Gasteiger partial charge in [0.05, 0.1) is 28.2 Å². The Morgan fingerprint density at radius 1 is 1.10 bits per heavy atom. The fourth-order valence-corrected chi connectivity index (χ4v) is 3.98. The van der Waals surface area contributed by atoms with Crippen molar-refractivity contribution >= 4 is 33.7 Å². The molecule has 3 aromatic heterocycles. The number of nitrogens with zero attached hydrogens (tertiary/aromatic N) is 5. The molecule has 0 bridgehead atoms. The van der Waals surface area contributed by atoms with Crippen LogP contribution in [0.5, 0.6) is 0 Å². The average molecular weight is 408 g/mol. The number of anilines is 1. The van der Waals surface area contributed by atoms with Gasteiger partial charge in [-0.15, -0.1) is 0 Å². The third-order valence-electron chi connectivity index (χ3n) is 5.82. The molecule has 1 amide bonds. The number of benzene rings is 2. The second-order valence-corrected chi connectivity index (χ2v) is 7.98. The molecular formula is C24H20N6O. The van der Waals surface area contributed by atoms with E-state index in [0.29, 0.717) is 11.5 Å². The van der Waals surface area contributed by atoms with E-state index in [2.05, 4.69) is 15.4 Å². The minimum atomic E-state index is -0.150. The molecule has 1 aliphatic carbocycles. The predicted molar refractivity (Wildman–Crippen MR) is 120 cm³/mol. The van der Waals surface area contributed by atoms with Crippen molar-refractivity contribution < 1.29 is 4.79 Å². The molecule has 0 atom stereocenters. The number of para-hydroxylation sites is 2. The Balaban J connectivity index is 1.30. The smallest absolute Gasteiger partial charge is 0.256 e. The van der Waals surface area contributed by atoms with Crippen molar-refractivity contribution in [1.29, 1.82) is 0 Å². The van der Waals surface area contributed by atoms with E-state index in [4.69, 9.17) is 4.98 Å². The van der Waals surface area contributed by atoms with Crippen molar-refractivity contribution in [1.82, 2.24) is 24.3 Å². The number of fused-ring (bicyclic) bond motifs is 2. The second-order valence-electron chi connectivity index (χ2n) is 7.98. The lowest BCUT2D eigenvalue weighted by atomic mass is 10.1. The highest BCUT2D eigenvalue weighted by molar-refractivity contribution is 6.12. The number of hydrogen-bond acceptors (Lipinski definition) is 4. The molecule has 1 N–H and O–H groups in total. The van der Waals surface area contributed by atoms with E-state index in [1.165, 1.54) is 0 Å². The molecule has 7 nitrogen and oxygen atoms in total. The second kappa shape index (κ2) is 6.77. The van der Waals surface area contributed by atoms with Crippen molar-refractivity contribution in [2.75, 3.05) is 5.32 Å². The fraction of sp³-hybridized carbons (Fsp3) is 0.167. The molecule has 152 valence electrons. The van der Waals surface area contributed by atoms with Gasteiger partial charge >= 0.3 is 0 Å². The molecule has 1 aliphatic rings. The number of imidazole rings is 1. The van der Waals surface area contributed by atoms with Crippen LogP contribution in [0.4, 0.5) is 5.69 Å². The molecule has 2 aromatic carbocycles. The maximum absolute atomic E-state index is 13.1. The number of aromatic nitrogens is 5. The lowest BCUT2D eigenvalue weighted by molar-refractivity contribution is 0.102. The van der Waals surface area contributed by atoms with Crippen LogP contribution in [0, 0.1) is 0 Å². The minimum Gasteiger partial charge on any atom is -0.322 e. The van der Waals surface area contributed by atoms with Crippen LogP contribution in [0.2, 0.25) is 0 Å². The Bertz CT molecular complexity index is 1440. The number of carbonyl (C=O) groups is 1. The molecular weight excluding hydrogens is 388 g/mol. The zero-order chi connectivity index (χ0) is 20.9. The first-order valence-corrected chi connectivity index (χ1v) is 10.3. The lowest BCUT2D eigenvalue weighted by Gasteiger charge is -2.10. The highest BCUT2D eigenvalue weighted by Gasteiger charge is 2.27. The number of carbonyl (C=O) groups excluding carboxylic acids is 1. The van der Waals surface area contributed by atoms with Crippen LogP contribution in [-0.4, -0.2) is 30.2 Å². The van der Waals surface area contributed by atoms with Gasteiger partial charge in [-0.3, -0.25) is 14.0 Å². The van der Waals surface area contributed by atoms with Crippen LogP contribution in [0.3, 0.4) is 0 Å². The van der Waals surface area contributed by atoms with Gasteiger partial charge in [0.2, 0.25) is 0 Å². The molecule has 1 fully saturated rings. The SMILES string of the molecule is Cn1ncc2c(C(=O)Nc3ccc(-n4cnc5ccccc54)cc3)cc(C3CC3)nc21. The average Bonchev–Trinajstić information content (AvgIpc) is 3.46. The summed E-state index contributed by atoms with van der Waals surface area (Å²) in [6.07, 6.45) is 5.78. The zero-order valence-electron chi connectivity index (χ0n) is 17.0. The van der Waals surface area contributed by atoms with Crippen molar-refractivity contribution in [2.24, 2.45) is 7.05 Å². The van der Waals surface area contributed by atoms with Crippen LogP contribution in [0.1, 0.15) is 34.8 Å². The van der Waals surface area contributed by atoms with Crippen molar-refractivity contribution in [3.05, 3.63) is 78.4 Å². The quantitative estimate of drug-likeness (QED) is 0.477. The summed E-state index contributed by atoms with van der Waals surface area (Å²) in [5, 5.41) is 8.09. The van der Waals surface area contributed by atoms with Gasteiger partial charge in [-0.2, -0.15) is 5.10 Å². The topological polar surface area (TPSA) is 77.6 Å². The van der Waals surface area contributed by atoms with E-state index in [1.54, 1.807) is 10.9 Å². The number of hydrogen-bond donors (Lipinski definition) is 1. The van der Waals surface area contributed by atoms with Crippen LogP contribution >= 0.6 is 0 Å². The molecule has 5 aromatic rings. The molecule has 0 radical (unpaired) electrons. The highest BCUT2D eigenvalue weighted by Crippen LogP contribution is 2.40. The molecule has 0 spiro atoms. The lowest BCUT2D eigenvalue weighted by Crippen LogP contribution is -2.13. The largest absolute Gasteiger partial charge is 0.322 e. The van der Waals surface area contributed by atoms with Gasteiger partial charge in [0.25, 0.3) is 5.91 Å². The van der Waals surface area contributed by atoms with Gasteiger partial charge in [-0.25, -0.2) is 9.97 Å². The molecule has 6 rings (SSSR count). The normalized spacial score (nSPS) is 13.7. The molecule has 3 heterocycles. The monoisotopic (exact) mass is 408 g/mol. The molecule has 1 saturated carbocycles. The summed E-state index contributed by atoms with van der Waals surface area (Å²) in [6.45, 7) is 0. The van der Waals surface area contributed by atoms with E-state index < -0.39 is 0 Å². The third kappa shape index (κ3) is 3.06. The Labute approximate surface area is 178 Å². The number of pyridine rings is 1. The Morgan fingerprint density at radius 3 is 2.71 bits per heavy atom. The van der Waals surface area contributed by atoms with Gasteiger partial charge in [0.1, 0.15) is 6.33 Å². The summed E-state index contributed by atoms with van der Waals surface area (Å²) >= 11 is 0.